The van der Waals surface area contributed by atoms with Crippen LogP contribution in [0.5, 0.6) is 0 Å². The summed E-state index contributed by atoms with van der Waals surface area (Å²) in [7, 11) is 0. The summed E-state index contributed by atoms with van der Waals surface area (Å²) >= 11 is 0. The van der Waals surface area contributed by atoms with Gasteiger partial charge in [0.1, 0.15) is 23.8 Å². The highest BCUT2D eigenvalue weighted by Crippen LogP contribution is 2.55. The third-order valence-electron chi connectivity index (χ3n) is 5.52. The maximum absolute atomic E-state index is 12.9. The van der Waals surface area contributed by atoms with Crippen LogP contribution >= 0.6 is 0 Å². The summed E-state index contributed by atoms with van der Waals surface area (Å²) in [6.45, 7) is 0. The molecule has 4 atom stereocenters. The third kappa shape index (κ3) is 1.26. The molecule has 2 aliphatic carbocycles. The average Bonchev–Trinajstić information content (AvgIpc) is 2.79. The highest BCUT2D eigenvalue weighted by atomic mass is 16.3. The highest BCUT2D eigenvalue weighted by Gasteiger charge is 2.62. The van der Waals surface area contributed by atoms with Crippen LogP contribution in [0.3, 0.4) is 0 Å². The lowest BCUT2D eigenvalue weighted by Gasteiger charge is -2.58. The SMILES string of the molecule is O=c1n(-c2ccccc2)c(=O)n2n1[C@H]1C=C3CC[C@]32[C@@H](O)[C@H]1O. The molecule has 0 saturated heterocycles. The van der Waals surface area contributed by atoms with Crippen molar-refractivity contribution in [3.8, 4) is 5.69 Å². The zero-order valence-corrected chi connectivity index (χ0v) is 12.2. The molecule has 1 aromatic carbocycles. The van der Waals surface area contributed by atoms with Crippen LogP contribution in [0.2, 0.25) is 0 Å². The Morgan fingerprint density at radius 2 is 1.83 bits per heavy atom. The smallest absolute Gasteiger partial charge is 0.352 e. The van der Waals surface area contributed by atoms with Gasteiger partial charge >= 0.3 is 11.4 Å². The molecule has 7 heteroatoms. The number of nitrogens with zero attached hydrogens (tertiary/aromatic N) is 3. The van der Waals surface area contributed by atoms with Crippen molar-refractivity contribution in [2.45, 2.75) is 36.6 Å². The van der Waals surface area contributed by atoms with Gasteiger partial charge < -0.3 is 10.2 Å². The van der Waals surface area contributed by atoms with Crippen LogP contribution in [0.1, 0.15) is 18.9 Å². The third-order valence-corrected chi connectivity index (χ3v) is 5.52. The molecule has 2 aliphatic heterocycles. The van der Waals surface area contributed by atoms with E-state index >= 15 is 0 Å². The first-order valence-corrected chi connectivity index (χ1v) is 7.67. The van der Waals surface area contributed by atoms with E-state index in [0.29, 0.717) is 12.1 Å². The van der Waals surface area contributed by atoms with Crippen molar-refractivity contribution < 1.29 is 10.2 Å². The first kappa shape index (κ1) is 13.1. The number of para-hydroxylation sites is 1. The van der Waals surface area contributed by atoms with Crippen LogP contribution in [0.15, 0.2) is 51.6 Å². The predicted octanol–water partition coefficient (Wildman–Crippen LogP) is -0.494. The topological polar surface area (TPSA) is 89.4 Å². The van der Waals surface area contributed by atoms with E-state index in [2.05, 4.69) is 0 Å². The molecule has 2 aromatic rings. The first-order chi connectivity index (χ1) is 11.1. The van der Waals surface area contributed by atoms with Crippen LogP contribution in [0.25, 0.3) is 5.69 Å². The van der Waals surface area contributed by atoms with Gasteiger partial charge in [0.15, 0.2) is 0 Å². The minimum Gasteiger partial charge on any atom is -0.388 e. The maximum Gasteiger partial charge on any atom is 0.352 e. The van der Waals surface area contributed by atoms with E-state index in [1.54, 1.807) is 24.3 Å². The fourth-order valence-corrected chi connectivity index (χ4v) is 4.33. The summed E-state index contributed by atoms with van der Waals surface area (Å²) in [5.74, 6) is 0. The van der Waals surface area contributed by atoms with Gasteiger partial charge in [0, 0.05) is 0 Å². The molecule has 7 nitrogen and oxygen atoms in total. The van der Waals surface area contributed by atoms with Crippen LogP contribution in [0.4, 0.5) is 0 Å². The van der Waals surface area contributed by atoms with Gasteiger partial charge in [-0.15, -0.1) is 0 Å². The summed E-state index contributed by atoms with van der Waals surface area (Å²) in [6.07, 6.45) is 1.00. The van der Waals surface area contributed by atoms with E-state index in [1.165, 1.54) is 9.36 Å². The molecular weight excluding hydrogens is 298 g/mol. The van der Waals surface area contributed by atoms with E-state index in [1.807, 2.05) is 12.1 Å². The van der Waals surface area contributed by atoms with Crippen molar-refractivity contribution in [1.82, 2.24) is 13.9 Å². The summed E-state index contributed by atoms with van der Waals surface area (Å²) < 4.78 is 3.77. The number of aliphatic hydroxyl groups excluding tert-OH is 2. The van der Waals surface area contributed by atoms with E-state index in [-0.39, 0.29) is 0 Å². The number of hydrogen-bond acceptors (Lipinski definition) is 4. The first-order valence-electron chi connectivity index (χ1n) is 7.67. The van der Waals surface area contributed by atoms with Crippen molar-refractivity contribution >= 4 is 0 Å². The Hall–Kier alpha value is -2.38. The number of aromatic nitrogens is 3. The van der Waals surface area contributed by atoms with Gasteiger partial charge in [-0.25, -0.2) is 23.5 Å². The van der Waals surface area contributed by atoms with Crippen molar-refractivity contribution in [2.24, 2.45) is 0 Å². The van der Waals surface area contributed by atoms with Gasteiger partial charge in [-0.1, -0.05) is 24.3 Å². The van der Waals surface area contributed by atoms with Crippen LogP contribution < -0.4 is 11.4 Å². The normalized spacial score (nSPS) is 33.7. The second kappa shape index (κ2) is 3.93. The van der Waals surface area contributed by atoms with E-state index in [0.717, 1.165) is 16.6 Å². The van der Waals surface area contributed by atoms with Crippen LogP contribution in [-0.4, -0.2) is 36.4 Å². The molecule has 0 radical (unpaired) electrons. The number of hydrogen-bond donors (Lipinski definition) is 2. The Morgan fingerprint density at radius 1 is 1.09 bits per heavy atom. The molecule has 23 heavy (non-hydrogen) atoms. The van der Waals surface area contributed by atoms with E-state index in [9.17, 15) is 19.8 Å². The molecule has 0 amide bonds. The quantitative estimate of drug-likeness (QED) is 0.695. The lowest BCUT2D eigenvalue weighted by Crippen LogP contribution is -2.69. The van der Waals surface area contributed by atoms with Crippen molar-refractivity contribution in [3.05, 3.63) is 62.9 Å². The molecule has 6 rings (SSSR count). The summed E-state index contributed by atoms with van der Waals surface area (Å²) in [6, 6.07) is 8.00. The van der Waals surface area contributed by atoms with Crippen LogP contribution in [0, 0.1) is 0 Å². The van der Waals surface area contributed by atoms with E-state index < -0.39 is 35.2 Å². The summed E-state index contributed by atoms with van der Waals surface area (Å²) in [5, 5.41) is 20.9. The molecule has 0 unspecified atom stereocenters. The molecule has 3 heterocycles. The largest absolute Gasteiger partial charge is 0.388 e. The number of rotatable bonds is 1. The second-order valence-electron chi connectivity index (χ2n) is 6.43. The highest BCUT2D eigenvalue weighted by molar-refractivity contribution is 5.39. The zero-order chi connectivity index (χ0) is 15.9. The molecule has 1 spiro atoms. The van der Waals surface area contributed by atoms with Gasteiger partial charge in [-0.2, -0.15) is 0 Å². The molecule has 1 saturated carbocycles. The van der Waals surface area contributed by atoms with Gasteiger partial charge in [0.2, 0.25) is 0 Å². The Kier molecular flexibility index (Phi) is 2.24. The second-order valence-corrected chi connectivity index (χ2v) is 6.43. The van der Waals surface area contributed by atoms with Gasteiger partial charge in [-0.3, -0.25) is 0 Å². The molecule has 2 bridgehead atoms. The fraction of sp³-hybridized carbons (Fsp3) is 0.375. The number of fused-ring (bicyclic) bond motifs is 1. The standard InChI is InChI=1S/C16H15N3O4/c20-12-11-8-9-6-7-16(9,13(12)21)19-15(23)17(14(22)18(11)19)10-4-2-1-3-5-10/h1-5,8,11-13,20-21H,6-7H2/t11-,12-,13-,16+/m0/s1. The molecule has 2 N–H and O–H groups in total. The predicted molar refractivity (Wildman–Crippen MR) is 80.6 cm³/mol. The number of benzene rings is 1. The Labute approximate surface area is 130 Å². The Balaban J connectivity index is 1.88. The van der Waals surface area contributed by atoms with Crippen LogP contribution in [-0.2, 0) is 5.54 Å². The Bertz CT molecular complexity index is 967. The molecular formula is C16H15N3O4. The summed E-state index contributed by atoms with van der Waals surface area (Å²) in [5.41, 5.74) is -0.504. The zero-order valence-electron chi connectivity index (χ0n) is 12.2. The molecule has 1 aromatic heterocycles. The summed E-state index contributed by atoms with van der Waals surface area (Å²) in [4.78, 5) is 25.8. The minimum atomic E-state index is -1.08. The van der Waals surface area contributed by atoms with Gasteiger partial charge in [-0.05, 0) is 30.5 Å². The van der Waals surface area contributed by atoms with Gasteiger partial charge in [0.25, 0.3) is 0 Å². The maximum atomic E-state index is 12.9. The average molecular weight is 313 g/mol. The lowest BCUT2D eigenvalue weighted by atomic mass is 9.61. The Morgan fingerprint density at radius 3 is 2.48 bits per heavy atom. The lowest BCUT2D eigenvalue weighted by molar-refractivity contribution is -0.132. The van der Waals surface area contributed by atoms with Crippen molar-refractivity contribution in [3.63, 3.8) is 0 Å². The number of aliphatic hydroxyl groups is 2. The molecule has 1 fully saturated rings. The molecule has 4 aliphatic rings. The van der Waals surface area contributed by atoms with Crippen molar-refractivity contribution in [1.29, 1.82) is 0 Å². The van der Waals surface area contributed by atoms with E-state index in [4.69, 9.17) is 0 Å². The minimum absolute atomic E-state index is 0.470. The fourth-order valence-electron chi connectivity index (χ4n) is 4.33. The van der Waals surface area contributed by atoms with Crippen molar-refractivity contribution in [2.75, 3.05) is 0 Å². The van der Waals surface area contributed by atoms with Gasteiger partial charge in [0.05, 0.1) is 5.69 Å². The molecule has 118 valence electrons. The monoisotopic (exact) mass is 313 g/mol.